The molecule has 0 saturated heterocycles. The first-order valence-corrected chi connectivity index (χ1v) is 13.2. The molecule has 0 aliphatic heterocycles. The third-order valence-electron chi connectivity index (χ3n) is 8.02. The summed E-state index contributed by atoms with van der Waals surface area (Å²) >= 11 is 0. The Bertz CT molecular complexity index is 2330. The first-order valence-electron chi connectivity index (χ1n) is 13.2. The van der Waals surface area contributed by atoms with Crippen LogP contribution in [0.15, 0.2) is 136 Å². The number of furan rings is 2. The molecule has 39 heavy (non-hydrogen) atoms. The van der Waals surface area contributed by atoms with Gasteiger partial charge in [-0.25, -0.2) is 0 Å². The predicted octanol–water partition coefficient (Wildman–Crippen LogP) is 10.2. The zero-order valence-electron chi connectivity index (χ0n) is 20.9. The Kier molecular flexibility index (Phi) is 4.05. The van der Waals surface area contributed by atoms with Gasteiger partial charge in [0.2, 0.25) is 0 Å². The van der Waals surface area contributed by atoms with Crippen molar-refractivity contribution in [2.45, 2.75) is 0 Å². The zero-order chi connectivity index (χ0) is 25.5. The van der Waals surface area contributed by atoms with Crippen molar-refractivity contribution in [3.8, 4) is 16.8 Å². The van der Waals surface area contributed by atoms with Gasteiger partial charge in [-0.2, -0.15) is 0 Å². The number of nitrogens with zero attached hydrogens (tertiary/aromatic N) is 1. The van der Waals surface area contributed by atoms with Gasteiger partial charge in [0, 0.05) is 38.2 Å². The standard InChI is InChI=1S/C36H21NO2/c1-4-13-30-25(8-1)26-9-2-5-14-31(26)37(30)23-18-16-22(17-19-23)24-11-7-12-27-28-20-21-33-34(36(28)39-35(24)27)29-10-3-6-15-32(29)38-33/h1-21H. The van der Waals surface area contributed by atoms with Crippen molar-refractivity contribution in [2.75, 3.05) is 0 Å². The van der Waals surface area contributed by atoms with Crippen LogP contribution >= 0.6 is 0 Å². The number of hydrogen-bond donors (Lipinski definition) is 0. The van der Waals surface area contributed by atoms with Gasteiger partial charge < -0.3 is 13.4 Å². The molecule has 0 bridgehead atoms. The van der Waals surface area contributed by atoms with E-state index in [4.69, 9.17) is 8.83 Å². The van der Waals surface area contributed by atoms with Gasteiger partial charge in [0.15, 0.2) is 0 Å². The van der Waals surface area contributed by atoms with Crippen molar-refractivity contribution >= 4 is 65.7 Å². The van der Waals surface area contributed by atoms with Crippen LogP contribution in [-0.2, 0) is 0 Å². The van der Waals surface area contributed by atoms with E-state index in [1.807, 2.05) is 18.2 Å². The fraction of sp³-hybridized carbons (Fsp3) is 0. The van der Waals surface area contributed by atoms with Crippen molar-refractivity contribution in [3.05, 3.63) is 127 Å². The van der Waals surface area contributed by atoms with Crippen LogP contribution in [0.3, 0.4) is 0 Å². The molecule has 9 rings (SSSR count). The van der Waals surface area contributed by atoms with Gasteiger partial charge in [0.1, 0.15) is 22.3 Å². The number of para-hydroxylation sites is 4. The molecule has 0 atom stereocenters. The number of aromatic nitrogens is 1. The molecule has 0 spiro atoms. The summed E-state index contributed by atoms with van der Waals surface area (Å²) in [5, 5.41) is 6.86. The lowest BCUT2D eigenvalue weighted by Crippen LogP contribution is -1.93. The maximum absolute atomic E-state index is 6.67. The van der Waals surface area contributed by atoms with Gasteiger partial charge in [-0.3, -0.25) is 0 Å². The van der Waals surface area contributed by atoms with Crippen LogP contribution in [0, 0.1) is 0 Å². The summed E-state index contributed by atoms with van der Waals surface area (Å²) in [5.41, 5.74) is 9.26. The Morgan fingerprint density at radius 1 is 0.410 bits per heavy atom. The Hall–Kier alpha value is -5.28. The fourth-order valence-electron chi connectivity index (χ4n) is 6.28. The van der Waals surface area contributed by atoms with Crippen molar-refractivity contribution in [1.29, 1.82) is 0 Å². The highest BCUT2D eigenvalue weighted by atomic mass is 16.3. The van der Waals surface area contributed by atoms with Crippen LogP contribution in [0.4, 0.5) is 0 Å². The summed E-state index contributed by atoms with van der Waals surface area (Å²) in [6.07, 6.45) is 0. The fourth-order valence-corrected chi connectivity index (χ4v) is 6.28. The minimum atomic E-state index is 0.847. The SMILES string of the molecule is c1ccc2c(c1)oc1ccc3c4cccc(-c5ccc(-n6c7ccccc7c7ccccc76)cc5)c4oc3c12. The smallest absolute Gasteiger partial charge is 0.147 e. The molecule has 9 aromatic rings. The van der Waals surface area contributed by atoms with Gasteiger partial charge in [-0.1, -0.05) is 84.9 Å². The first-order chi connectivity index (χ1) is 19.3. The monoisotopic (exact) mass is 499 g/mol. The average Bonchev–Trinajstić information content (AvgIpc) is 3.66. The summed E-state index contributed by atoms with van der Waals surface area (Å²) in [5.74, 6) is 0. The van der Waals surface area contributed by atoms with E-state index in [0.717, 1.165) is 60.7 Å². The van der Waals surface area contributed by atoms with Gasteiger partial charge in [0.25, 0.3) is 0 Å². The second kappa shape index (κ2) is 7.62. The van der Waals surface area contributed by atoms with Gasteiger partial charge in [0.05, 0.1) is 16.4 Å². The lowest BCUT2D eigenvalue weighted by molar-refractivity contribution is 0.663. The van der Waals surface area contributed by atoms with Crippen LogP contribution in [0.2, 0.25) is 0 Å². The lowest BCUT2D eigenvalue weighted by atomic mass is 10.0. The summed E-state index contributed by atoms with van der Waals surface area (Å²) < 4.78 is 15.1. The van der Waals surface area contributed by atoms with Crippen LogP contribution in [-0.4, -0.2) is 4.57 Å². The molecular weight excluding hydrogens is 478 g/mol. The van der Waals surface area contributed by atoms with Gasteiger partial charge >= 0.3 is 0 Å². The highest BCUT2D eigenvalue weighted by Gasteiger charge is 2.18. The largest absolute Gasteiger partial charge is 0.456 e. The summed E-state index contributed by atoms with van der Waals surface area (Å²) in [6, 6.07) is 44.7. The van der Waals surface area contributed by atoms with Crippen LogP contribution in [0.25, 0.3) is 82.5 Å². The molecule has 0 fully saturated rings. The molecule has 0 aliphatic rings. The molecule has 3 nitrogen and oxygen atoms in total. The molecule has 0 N–H and O–H groups in total. The lowest BCUT2D eigenvalue weighted by Gasteiger charge is -2.09. The van der Waals surface area contributed by atoms with Crippen LogP contribution in [0.1, 0.15) is 0 Å². The summed E-state index contributed by atoms with van der Waals surface area (Å²) in [7, 11) is 0. The van der Waals surface area contributed by atoms with E-state index in [2.05, 4.69) is 114 Å². The molecule has 6 aromatic carbocycles. The molecule has 182 valence electrons. The Morgan fingerprint density at radius 2 is 1.05 bits per heavy atom. The van der Waals surface area contributed by atoms with Gasteiger partial charge in [-0.15, -0.1) is 0 Å². The first kappa shape index (κ1) is 20.7. The molecule has 0 radical (unpaired) electrons. The number of rotatable bonds is 2. The highest BCUT2D eigenvalue weighted by Crippen LogP contribution is 2.42. The topological polar surface area (TPSA) is 31.2 Å². The van der Waals surface area contributed by atoms with Gasteiger partial charge in [-0.05, 0) is 48.0 Å². The van der Waals surface area contributed by atoms with E-state index < -0.39 is 0 Å². The van der Waals surface area contributed by atoms with Crippen molar-refractivity contribution < 1.29 is 8.83 Å². The molecule has 0 saturated carbocycles. The predicted molar refractivity (Wildman–Crippen MR) is 161 cm³/mol. The maximum atomic E-state index is 6.67. The Labute approximate surface area is 223 Å². The third-order valence-corrected chi connectivity index (χ3v) is 8.02. The second-order valence-corrected chi connectivity index (χ2v) is 10.1. The highest BCUT2D eigenvalue weighted by molar-refractivity contribution is 6.23. The summed E-state index contributed by atoms with van der Waals surface area (Å²) in [4.78, 5) is 0. The minimum absolute atomic E-state index is 0.847. The van der Waals surface area contributed by atoms with E-state index in [-0.39, 0.29) is 0 Å². The van der Waals surface area contributed by atoms with E-state index in [9.17, 15) is 0 Å². The molecule has 0 unspecified atom stereocenters. The third kappa shape index (κ3) is 2.82. The zero-order valence-corrected chi connectivity index (χ0v) is 20.9. The van der Waals surface area contributed by atoms with Crippen LogP contribution < -0.4 is 0 Å². The average molecular weight is 500 g/mol. The van der Waals surface area contributed by atoms with Crippen molar-refractivity contribution in [2.24, 2.45) is 0 Å². The molecular formula is C36H21NO2. The Morgan fingerprint density at radius 3 is 1.82 bits per heavy atom. The normalized spacial score (nSPS) is 12.1. The number of fused-ring (bicyclic) bond motifs is 10. The van der Waals surface area contributed by atoms with E-state index in [1.165, 1.54) is 21.8 Å². The molecule has 0 aliphatic carbocycles. The van der Waals surface area contributed by atoms with E-state index >= 15 is 0 Å². The molecule has 3 heterocycles. The summed E-state index contributed by atoms with van der Waals surface area (Å²) in [6.45, 7) is 0. The van der Waals surface area contributed by atoms with Crippen molar-refractivity contribution in [1.82, 2.24) is 4.57 Å². The molecule has 0 amide bonds. The molecule has 3 aromatic heterocycles. The quantitative estimate of drug-likeness (QED) is 0.237. The second-order valence-electron chi connectivity index (χ2n) is 10.1. The van der Waals surface area contributed by atoms with Crippen LogP contribution in [0.5, 0.6) is 0 Å². The Balaban J connectivity index is 1.25. The maximum Gasteiger partial charge on any atom is 0.147 e. The number of hydrogen-bond acceptors (Lipinski definition) is 2. The molecule has 3 heteroatoms. The number of benzene rings is 6. The van der Waals surface area contributed by atoms with Crippen molar-refractivity contribution in [3.63, 3.8) is 0 Å². The van der Waals surface area contributed by atoms with E-state index in [0.29, 0.717) is 0 Å². The van der Waals surface area contributed by atoms with E-state index in [1.54, 1.807) is 0 Å². The minimum Gasteiger partial charge on any atom is -0.456 e.